The molecular weight excluding hydrogens is 214 g/mol. The Balaban J connectivity index is 0. The smallest absolute Gasteiger partial charge is 0.423 e. The highest BCUT2D eigenvalue weighted by Gasteiger charge is 2.10. The minimum absolute atomic E-state index is 0. The number of benzene rings is 1. The standard InChI is InChI=1S/C6H9BN2O2.2ClH/c8-5-1-4(7(10)11)2-6(9)3-5;;/h1-3,10-11H,8-9H2;2*1H. The Kier molecular flexibility index (Phi) is 6.79. The number of nitrogen functional groups attached to an aromatic ring is 2. The van der Waals surface area contributed by atoms with Gasteiger partial charge in [0.15, 0.2) is 0 Å². The highest BCUT2D eigenvalue weighted by atomic mass is 35.5. The molecule has 0 aliphatic heterocycles. The van der Waals surface area contributed by atoms with Crippen molar-refractivity contribution in [3.63, 3.8) is 0 Å². The first kappa shape index (κ1) is 14.9. The quantitative estimate of drug-likeness (QED) is 0.378. The molecule has 0 fully saturated rings. The maximum atomic E-state index is 8.72. The predicted molar refractivity (Wildman–Crippen MR) is 59.6 cm³/mol. The molecule has 0 aromatic heterocycles. The van der Waals surface area contributed by atoms with Crippen molar-refractivity contribution < 1.29 is 10.0 Å². The molecule has 1 aromatic rings. The van der Waals surface area contributed by atoms with E-state index < -0.39 is 7.12 Å². The molecule has 0 unspecified atom stereocenters. The third-order valence-electron chi connectivity index (χ3n) is 1.30. The summed E-state index contributed by atoms with van der Waals surface area (Å²) in [4.78, 5) is 0. The highest BCUT2D eigenvalue weighted by molar-refractivity contribution is 6.58. The molecule has 0 aliphatic rings. The monoisotopic (exact) mass is 224 g/mol. The van der Waals surface area contributed by atoms with Gasteiger partial charge < -0.3 is 21.5 Å². The fraction of sp³-hybridized carbons (Fsp3) is 0. The Labute approximate surface area is 88.9 Å². The molecule has 0 aliphatic carbocycles. The van der Waals surface area contributed by atoms with Crippen molar-refractivity contribution >= 4 is 48.8 Å². The fourth-order valence-corrected chi connectivity index (χ4v) is 0.851. The van der Waals surface area contributed by atoms with Gasteiger partial charge in [-0.25, -0.2) is 0 Å². The van der Waals surface area contributed by atoms with Gasteiger partial charge in [0.25, 0.3) is 0 Å². The molecule has 0 atom stereocenters. The SMILES string of the molecule is Cl.Cl.Nc1cc(N)cc(B(O)O)c1. The summed E-state index contributed by atoms with van der Waals surface area (Å²) < 4.78 is 0. The van der Waals surface area contributed by atoms with Crippen LogP contribution in [0.1, 0.15) is 0 Å². The van der Waals surface area contributed by atoms with Crippen LogP contribution in [0.15, 0.2) is 18.2 Å². The van der Waals surface area contributed by atoms with Crippen molar-refractivity contribution in [1.82, 2.24) is 0 Å². The molecule has 4 nitrogen and oxygen atoms in total. The summed E-state index contributed by atoms with van der Waals surface area (Å²) in [6, 6.07) is 4.47. The maximum Gasteiger partial charge on any atom is 0.488 e. The molecule has 13 heavy (non-hydrogen) atoms. The van der Waals surface area contributed by atoms with Gasteiger partial charge in [0, 0.05) is 11.4 Å². The highest BCUT2D eigenvalue weighted by Crippen LogP contribution is 2.05. The van der Waals surface area contributed by atoms with Crippen LogP contribution in [-0.2, 0) is 0 Å². The number of nitrogens with two attached hydrogens (primary N) is 2. The summed E-state index contributed by atoms with van der Waals surface area (Å²) in [7, 11) is -1.51. The second kappa shape index (κ2) is 5.93. The lowest BCUT2D eigenvalue weighted by Gasteiger charge is -2.02. The molecule has 7 heteroatoms. The first-order valence-corrected chi connectivity index (χ1v) is 3.11. The summed E-state index contributed by atoms with van der Waals surface area (Å²) in [6.45, 7) is 0. The topological polar surface area (TPSA) is 92.5 Å². The lowest BCUT2D eigenvalue weighted by atomic mass is 9.80. The molecular formula is C6H11BCl2N2O2. The van der Waals surface area contributed by atoms with Crippen molar-refractivity contribution in [2.24, 2.45) is 0 Å². The number of rotatable bonds is 1. The van der Waals surface area contributed by atoms with E-state index in [9.17, 15) is 0 Å². The lowest BCUT2D eigenvalue weighted by molar-refractivity contribution is 0.426. The molecule has 1 rings (SSSR count). The summed E-state index contributed by atoms with van der Waals surface area (Å²) in [5.74, 6) is 0. The Morgan fingerprint density at radius 3 is 1.62 bits per heavy atom. The second-order valence-corrected chi connectivity index (χ2v) is 2.31. The first-order chi connectivity index (χ1) is 5.09. The van der Waals surface area contributed by atoms with Gasteiger partial charge in [-0.15, -0.1) is 24.8 Å². The molecule has 0 saturated carbocycles. The molecule has 0 bridgehead atoms. The largest absolute Gasteiger partial charge is 0.488 e. The average molecular weight is 225 g/mol. The number of anilines is 2. The van der Waals surface area contributed by atoms with Gasteiger partial charge in [-0.05, 0) is 23.7 Å². The zero-order valence-electron chi connectivity index (χ0n) is 6.68. The van der Waals surface area contributed by atoms with E-state index in [2.05, 4.69) is 0 Å². The molecule has 74 valence electrons. The van der Waals surface area contributed by atoms with Gasteiger partial charge in [-0.3, -0.25) is 0 Å². The third kappa shape index (κ3) is 4.24. The summed E-state index contributed by atoms with van der Waals surface area (Å²) in [5, 5.41) is 17.4. The van der Waals surface area contributed by atoms with Gasteiger partial charge in [-0.1, -0.05) is 0 Å². The Morgan fingerprint density at radius 1 is 0.923 bits per heavy atom. The summed E-state index contributed by atoms with van der Waals surface area (Å²) >= 11 is 0. The van der Waals surface area contributed by atoms with Gasteiger partial charge in [-0.2, -0.15) is 0 Å². The van der Waals surface area contributed by atoms with Crippen LogP contribution in [0.4, 0.5) is 11.4 Å². The molecule has 0 saturated heterocycles. The zero-order valence-corrected chi connectivity index (χ0v) is 8.31. The van der Waals surface area contributed by atoms with Crippen molar-refractivity contribution in [2.45, 2.75) is 0 Å². The van der Waals surface area contributed by atoms with E-state index in [0.717, 1.165) is 0 Å². The molecule has 0 spiro atoms. The van der Waals surface area contributed by atoms with Gasteiger partial charge in [0.1, 0.15) is 0 Å². The average Bonchev–Trinajstić information content (AvgIpc) is 1.85. The van der Waals surface area contributed by atoms with E-state index in [-0.39, 0.29) is 24.8 Å². The van der Waals surface area contributed by atoms with Gasteiger partial charge >= 0.3 is 7.12 Å². The molecule has 0 radical (unpaired) electrons. The van der Waals surface area contributed by atoms with Crippen LogP contribution >= 0.6 is 24.8 Å². The van der Waals surface area contributed by atoms with Crippen LogP contribution in [0.2, 0.25) is 0 Å². The van der Waals surface area contributed by atoms with E-state index in [0.29, 0.717) is 16.8 Å². The molecule has 0 heterocycles. The Bertz CT molecular complexity index is 253. The summed E-state index contributed by atoms with van der Waals surface area (Å²) in [6.07, 6.45) is 0. The van der Waals surface area contributed by atoms with E-state index >= 15 is 0 Å². The van der Waals surface area contributed by atoms with Crippen LogP contribution in [0.3, 0.4) is 0 Å². The van der Waals surface area contributed by atoms with Crippen LogP contribution < -0.4 is 16.9 Å². The Hall–Kier alpha value is -0.615. The van der Waals surface area contributed by atoms with Crippen molar-refractivity contribution in [1.29, 1.82) is 0 Å². The second-order valence-electron chi connectivity index (χ2n) is 2.31. The molecule has 1 aromatic carbocycles. The minimum Gasteiger partial charge on any atom is -0.423 e. The first-order valence-electron chi connectivity index (χ1n) is 3.11. The van der Waals surface area contributed by atoms with E-state index in [1.165, 1.54) is 12.1 Å². The van der Waals surface area contributed by atoms with Gasteiger partial charge in [0.2, 0.25) is 0 Å². The van der Waals surface area contributed by atoms with Crippen molar-refractivity contribution in [2.75, 3.05) is 11.5 Å². The number of hydrogen-bond acceptors (Lipinski definition) is 4. The molecule has 6 N–H and O–H groups in total. The van der Waals surface area contributed by atoms with Crippen molar-refractivity contribution in [3.8, 4) is 0 Å². The van der Waals surface area contributed by atoms with Gasteiger partial charge in [0.05, 0.1) is 0 Å². The van der Waals surface area contributed by atoms with E-state index in [1.807, 2.05) is 0 Å². The van der Waals surface area contributed by atoms with Crippen LogP contribution in [0.25, 0.3) is 0 Å². The predicted octanol–water partition coefficient (Wildman–Crippen LogP) is -0.626. The van der Waals surface area contributed by atoms with Crippen LogP contribution in [-0.4, -0.2) is 17.2 Å². The summed E-state index contributed by atoms with van der Waals surface area (Å²) in [5.41, 5.74) is 11.9. The maximum absolute atomic E-state index is 8.72. The minimum atomic E-state index is -1.51. The fourth-order valence-electron chi connectivity index (χ4n) is 0.851. The third-order valence-corrected chi connectivity index (χ3v) is 1.30. The van der Waals surface area contributed by atoms with Crippen LogP contribution in [0.5, 0.6) is 0 Å². The van der Waals surface area contributed by atoms with Crippen molar-refractivity contribution in [3.05, 3.63) is 18.2 Å². The lowest BCUT2D eigenvalue weighted by Crippen LogP contribution is -2.30. The Morgan fingerprint density at radius 2 is 1.31 bits per heavy atom. The van der Waals surface area contributed by atoms with E-state index in [1.54, 1.807) is 6.07 Å². The number of halogens is 2. The van der Waals surface area contributed by atoms with Crippen LogP contribution in [0, 0.1) is 0 Å². The number of hydrogen-bond donors (Lipinski definition) is 4. The normalized spacial score (nSPS) is 8.15. The zero-order chi connectivity index (χ0) is 8.43. The van der Waals surface area contributed by atoms with E-state index in [4.69, 9.17) is 21.5 Å². The molecule has 0 amide bonds.